The SMILES string of the molecule is CC(O)CCC(NC(=O)OCc1ccccc1)C(=O)O. The number of carbonyl (C=O) groups is 2. The molecule has 0 aliphatic rings. The molecule has 0 aliphatic heterocycles. The van der Waals surface area contributed by atoms with E-state index in [1.165, 1.54) is 0 Å². The molecule has 3 N–H and O–H groups in total. The van der Waals surface area contributed by atoms with Crippen LogP contribution in [0.25, 0.3) is 0 Å². The molecule has 1 aromatic rings. The molecule has 0 fully saturated rings. The second-order valence-electron chi connectivity index (χ2n) is 4.52. The van der Waals surface area contributed by atoms with Gasteiger partial charge < -0.3 is 20.3 Å². The average molecular weight is 281 g/mol. The van der Waals surface area contributed by atoms with Crippen molar-refractivity contribution in [2.75, 3.05) is 0 Å². The van der Waals surface area contributed by atoms with Crippen LogP contribution in [0.4, 0.5) is 4.79 Å². The Morgan fingerprint density at radius 1 is 1.25 bits per heavy atom. The van der Waals surface area contributed by atoms with E-state index in [1.807, 2.05) is 18.2 Å². The van der Waals surface area contributed by atoms with Crippen LogP contribution in [-0.2, 0) is 16.1 Å². The average Bonchev–Trinajstić information content (AvgIpc) is 2.41. The van der Waals surface area contributed by atoms with E-state index in [0.29, 0.717) is 0 Å². The van der Waals surface area contributed by atoms with E-state index in [-0.39, 0.29) is 19.4 Å². The zero-order valence-electron chi connectivity index (χ0n) is 11.3. The van der Waals surface area contributed by atoms with Crippen molar-refractivity contribution in [1.82, 2.24) is 5.32 Å². The Kier molecular flexibility index (Phi) is 6.52. The van der Waals surface area contributed by atoms with Crippen LogP contribution >= 0.6 is 0 Å². The lowest BCUT2D eigenvalue weighted by Crippen LogP contribution is -2.41. The van der Waals surface area contributed by atoms with Gasteiger partial charge in [-0.3, -0.25) is 0 Å². The highest BCUT2D eigenvalue weighted by Crippen LogP contribution is 2.04. The zero-order chi connectivity index (χ0) is 15.0. The van der Waals surface area contributed by atoms with Crippen molar-refractivity contribution < 1.29 is 24.5 Å². The molecule has 20 heavy (non-hydrogen) atoms. The summed E-state index contributed by atoms with van der Waals surface area (Å²) in [5.74, 6) is -1.15. The molecule has 0 spiro atoms. The summed E-state index contributed by atoms with van der Waals surface area (Å²) in [5, 5.41) is 20.4. The smallest absolute Gasteiger partial charge is 0.408 e. The van der Waals surface area contributed by atoms with Crippen LogP contribution in [0.1, 0.15) is 25.3 Å². The lowest BCUT2D eigenvalue weighted by atomic mass is 10.1. The largest absolute Gasteiger partial charge is 0.480 e. The van der Waals surface area contributed by atoms with E-state index in [0.717, 1.165) is 5.56 Å². The van der Waals surface area contributed by atoms with Gasteiger partial charge in [-0.1, -0.05) is 30.3 Å². The molecule has 0 heterocycles. The Bertz CT molecular complexity index is 432. The zero-order valence-corrected chi connectivity index (χ0v) is 11.3. The molecule has 6 heteroatoms. The standard InChI is InChI=1S/C14H19NO5/c1-10(16)7-8-12(13(17)18)15-14(19)20-9-11-5-3-2-4-6-11/h2-6,10,12,16H,7-9H2,1H3,(H,15,19)(H,17,18). The predicted octanol–water partition coefficient (Wildman–Crippen LogP) is 1.53. The Morgan fingerprint density at radius 2 is 1.90 bits per heavy atom. The molecule has 0 bridgehead atoms. The molecule has 0 radical (unpaired) electrons. The van der Waals surface area contributed by atoms with Crippen LogP contribution in [0.3, 0.4) is 0 Å². The number of hydrogen-bond donors (Lipinski definition) is 3. The summed E-state index contributed by atoms with van der Waals surface area (Å²) < 4.78 is 4.94. The lowest BCUT2D eigenvalue weighted by molar-refractivity contribution is -0.139. The van der Waals surface area contributed by atoms with Crippen LogP contribution in [-0.4, -0.2) is 34.4 Å². The minimum atomic E-state index is -1.15. The first-order chi connectivity index (χ1) is 9.49. The Morgan fingerprint density at radius 3 is 2.45 bits per heavy atom. The second kappa shape index (κ2) is 8.16. The van der Waals surface area contributed by atoms with Crippen molar-refractivity contribution >= 4 is 12.1 Å². The molecule has 2 unspecified atom stereocenters. The third-order valence-electron chi connectivity index (χ3n) is 2.68. The highest BCUT2D eigenvalue weighted by atomic mass is 16.5. The number of amides is 1. The van der Waals surface area contributed by atoms with Crippen molar-refractivity contribution in [1.29, 1.82) is 0 Å². The first-order valence-electron chi connectivity index (χ1n) is 6.37. The number of ether oxygens (including phenoxy) is 1. The lowest BCUT2D eigenvalue weighted by Gasteiger charge is -2.15. The number of benzene rings is 1. The minimum absolute atomic E-state index is 0.0788. The molecule has 110 valence electrons. The molecule has 0 aromatic heterocycles. The molecular weight excluding hydrogens is 262 g/mol. The third kappa shape index (κ3) is 6.19. The molecule has 0 aliphatic carbocycles. The number of hydrogen-bond acceptors (Lipinski definition) is 4. The van der Waals surface area contributed by atoms with Crippen molar-refractivity contribution in [3.63, 3.8) is 0 Å². The van der Waals surface area contributed by atoms with Crippen LogP contribution < -0.4 is 5.32 Å². The summed E-state index contributed by atoms with van der Waals surface area (Å²) >= 11 is 0. The van der Waals surface area contributed by atoms with Gasteiger partial charge in [-0.25, -0.2) is 9.59 Å². The van der Waals surface area contributed by atoms with Gasteiger partial charge in [0.25, 0.3) is 0 Å². The number of rotatable bonds is 7. The fourth-order valence-electron chi connectivity index (χ4n) is 1.57. The molecule has 1 rings (SSSR count). The number of alkyl carbamates (subject to hydrolysis) is 1. The topological polar surface area (TPSA) is 95.9 Å². The number of aliphatic hydroxyl groups is 1. The fourth-order valence-corrected chi connectivity index (χ4v) is 1.57. The van der Waals surface area contributed by atoms with Crippen molar-refractivity contribution in [3.8, 4) is 0 Å². The number of nitrogens with one attached hydrogen (secondary N) is 1. The molecule has 2 atom stereocenters. The number of carboxylic acids is 1. The maximum atomic E-state index is 11.5. The molecular formula is C14H19NO5. The van der Waals surface area contributed by atoms with Gasteiger partial charge in [0.1, 0.15) is 12.6 Å². The second-order valence-corrected chi connectivity index (χ2v) is 4.52. The van der Waals surface area contributed by atoms with Gasteiger partial charge in [-0.2, -0.15) is 0 Å². The summed E-state index contributed by atoms with van der Waals surface area (Å²) in [7, 11) is 0. The molecule has 0 saturated carbocycles. The maximum Gasteiger partial charge on any atom is 0.408 e. The maximum absolute atomic E-state index is 11.5. The summed E-state index contributed by atoms with van der Waals surface area (Å²) in [4.78, 5) is 22.5. The van der Waals surface area contributed by atoms with Gasteiger partial charge in [-0.05, 0) is 25.3 Å². The van der Waals surface area contributed by atoms with Crippen LogP contribution in [0.5, 0.6) is 0 Å². The molecule has 1 amide bonds. The third-order valence-corrected chi connectivity index (χ3v) is 2.68. The summed E-state index contributed by atoms with van der Waals surface area (Å²) in [6.07, 6.45) is -0.963. The molecule has 6 nitrogen and oxygen atoms in total. The first kappa shape index (κ1) is 16.0. The predicted molar refractivity (Wildman–Crippen MR) is 72.1 cm³/mol. The highest BCUT2D eigenvalue weighted by Gasteiger charge is 2.20. The first-order valence-corrected chi connectivity index (χ1v) is 6.37. The number of carboxylic acid groups (broad SMARTS) is 1. The van der Waals surface area contributed by atoms with E-state index in [4.69, 9.17) is 14.9 Å². The Balaban J connectivity index is 2.40. The van der Waals surface area contributed by atoms with Crippen molar-refractivity contribution in [2.24, 2.45) is 0 Å². The number of carbonyl (C=O) groups excluding carboxylic acids is 1. The quantitative estimate of drug-likeness (QED) is 0.704. The van der Waals surface area contributed by atoms with E-state index in [9.17, 15) is 9.59 Å². The van der Waals surface area contributed by atoms with Gasteiger partial charge in [0, 0.05) is 0 Å². The van der Waals surface area contributed by atoms with Crippen LogP contribution in [0.2, 0.25) is 0 Å². The Hall–Kier alpha value is -2.08. The van der Waals surface area contributed by atoms with Gasteiger partial charge in [0.2, 0.25) is 0 Å². The van der Waals surface area contributed by atoms with Gasteiger partial charge >= 0.3 is 12.1 Å². The van der Waals surface area contributed by atoms with Crippen molar-refractivity contribution in [3.05, 3.63) is 35.9 Å². The van der Waals surface area contributed by atoms with Crippen LogP contribution in [0, 0.1) is 0 Å². The number of aliphatic carboxylic acids is 1. The summed E-state index contributed by atoms with van der Waals surface area (Å²) in [5.41, 5.74) is 0.818. The van der Waals surface area contributed by atoms with E-state index in [1.54, 1.807) is 19.1 Å². The van der Waals surface area contributed by atoms with Gasteiger partial charge in [0.05, 0.1) is 6.10 Å². The highest BCUT2D eigenvalue weighted by molar-refractivity contribution is 5.79. The fraction of sp³-hybridized carbons (Fsp3) is 0.429. The normalized spacial score (nSPS) is 13.3. The Labute approximate surface area is 117 Å². The minimum Gasteiger partial charge on any atom is -0.480 e. The van der Waals surface area contributed by atoms with E-state index >= 15 is 0 Å². The number of aliphatic hydroxyl groups excluding tert-OH is 1. The van der Waals surface area contributed by atoms with Gasteiger partial charge in [0.15, 0.2) is 0 Å². The molecule has 0 saturated heterocycles. The van der Waals surface area contributed by atoms with Crippen molar-refractivity contribution in [2.45, 2.75) is 38.5 Å². The van der Waals surface area contributed by atoms with Gasteiger partial charge in [-0.15, -0.1) is 0 Å². The van der Waals surface area contributed by atoms with E-state index in [2.05, 4.69) is 5.32 Å². The monoisotopic (exact) mass is 281 g/mol. The van der Waals surface area contributed by atoms with E-state index < -0.39 is 24.2 Å². The summed E-state index contributed by atoms with van der Waals surface area (Å²) in [6, 6.07) is 8.02. The van der Waals surface area contributed by atoms with Crippen LogP contribution in [0.15, 0.2) is 30.3 Å². The summed E-state index contributed by atoms with van der Waals surface area (Å²) in [6.45, 7) is 1.64. The molecule has 1 aromatic carbocycles.